The number of Topliss-reactive ketones (excluding diaryl/α,β-unsaturated/α-hetero) is 1. The molecule has 4 aliphatic heterocycles. The van der Waals surface area contributed by atoms with Crippen LogP contribution in [-0.4, -0.2) is 242 Å². The van der Waals surface area contributed by atoms with Crippen molar-refractivity contribution in [3.05, 3.63) is 107 Å². The standard InChI is InChI=1S/C35H48N8O11S.C22H34O7.C19H20ClNO4/c1-15-27(47)38-22-10-20-19-7-5-6-8-21(19)41-33(20)55-13-24(34(53)43-12-18(46)9-25(43)31(51)37-15)40-32(52)26(17(3)45)42-28(48)16(2)36-30(50)23(39-29(22)49)11-35(4,54)14-44;1-8-19(5)11-14(25)22(27)20(6)13(24)9-10-18(3,4)16(20)15(26)17(28-12(2)23)21(22,7)29-19;1-19(2,18(23)24)25-16-9-3-13(4-10-16)11-12-21-17(22)14-5-7-15(20)8-6-14/h5-8,15-18,22-26,41,44-46,54H,9-14H2,1-4H3,(H,36,50)(H,37,51)(H,38,47)(H,39,49)(H,40,52)(H,42,48);8,13,15-17,24,26-27H,1,9-11H2,2-7H3;3-10H,11-12H2,1-2H3,(H,21,22)(H,23,24)/t;13-,15-,16-,17-,19-,20-,21+,22-;/m.0./s1. The van der Waals surface area contributed by atoms with Gasteiger partial charge in [0, 0.05) is 84.3 Å². The molecule has 3 aromatic carbocycles. The fraction of sp³-hybridized carbons (Fsp3) is 0.566. The van der Waals surface area contributed by atoms with Gasteiger partial charge < -0.3 is 102 Å². The van der Waals surface area contributed by atoms with E-state index in [0.717, 1.165) is 22.2 Å². The molecule has 2 saturated heterocycles. The molecule has 10 rings (SSSR count). The van der Waals surface area contributed by atoms with E-state index in [-0.39, 0.29) is 37.5 Å². The van der Waals surface area contributed by atoms with Crippen molar-refractivity contribution in [3.63, 3.8) is 0 Å². The van der Waals surface area contributed by atoms with Crippen molar-refractivity contribution in [2.75, 3.05) is 25.4 Å². The predicted octanol–water partition coefficient (Wildman–Crippen LogP) is 1.33. The smallest absolute Gasteiger partial charge is 0.347 e. The number of ether oxygens (including phenoxy) is 3. The molecule has 10 unspecified atom stereocenters. The number of halogens is 1. The first kappa shape index (κ1) is 86.0. The van der Waals surface area contributed by atoms with Gasteiger partial charge in [-0.2, -0.15) is 0 Å². The number of carbonyl (C=O) groups is 11. The normalized spacial score (nSPS) is 31.8. The van der Waals surface area contributed by atoms with Crippen LogP contribution in [0.1, 0.15) is 137 Å². The van der Waals surface area contributed by atoms with Crippen molar-refractivity contribution in [1.29, 1.82) is 0 Å². The number of esters is 1. The summed E-state index contributed by atoms with van der Waals surface area (Å²) >= 11 is 6.88. The SMILES string of the molecule is C=C[C@@]1(C)CC(=O)[C@]2(O)[C@@]3(C)[C@@H](O)CCC(C)(C)[C@@H]3[C@H](O)[C@H](OC(C)=O)[C@@]2(C)O1.CC(C)(Oc1ccc(CCNC(=O)c2ccc(Cl)cc2)cc1)C(=O)O.CC1NC(=O)C(CC(C)(O)CO)NC(=O)C2Cc3c([nH]c4ccccc34)SCC(NC(=O)C(C(C)O)NC1=O)C(=O)N1CC(O)CC1C(=O)NC(C)C(=O)N2. The first-order valence-corrected chi connectivity index (χ1v) is 37.4. The molecule has 2 saturated carbocycles. The molecule has 0 spiro atoms. The van der Waals surface area contributed by atoms with Crippen LogP contribution in [0.25, 0.3) is 10.9 Å². The van der Waals surface area contributed by atoms with E-state index in [0.29, 0.717) is 63.6 Å². The first-order valence-electron chi connectivity index (χ1n) is 36.0. The largest absolute Gasteiger partial charge is 0.478 e. The molecular weight excluding hydrogens is 1460 g/mol. The molecule has 31 nitrogen and oxygen atoms in total. The zero-order valence-electron chi connectivity index (χ0n) is 63.0. The molecule has 2 aliphatic carbocycles. The van der Waals surface area contributed by atoms with E-state index in [1.807, 2.05) is 26.0 Å². The van der Waals surface area contributed by atoms with Crippen LogP contribution in [0, 0.1) is 16.7 Å². The number of carbonyl (C=O) groups excluding carboxylic acids is 10. The third-order valence-electron chi connectivity index (χ3n) is 21.5. The summed E-state index contributed by atoms with van der Waals surface area (Å²) in [6.07, 6.45) is -4.17. The average molecular weight is 1560 g/mol. The number of aliphatic hydroxyl groups excluding tert-OH is 5. The second-order valence-electron chi connectivity index (χ2n) is 31.1. The minimum Gasteiger partial charge on any atom is -0.478 e. The number of hydrogen-bond acceptors (Lipinski definition) is 22. The van der Waals surface area contributed by atoms with Gasteiger partial charge in [0.25, 0.3) is 5.91 Å². The number of fused-ring (bicyclic) bond motifs is 8. The molecule has 4 fully saturated rings. The van der Waals surface area contributed by atoms with Crippen LogP contribution in [0.5, 0.6) is 5.75 Å². The highest BCUT2D eigenvalue weighted by Crippen LogP contribution is 2.67. The number of aromatic nitrogens is 1. The van der Waals surface area contributed by atoms with Crippen molar-refractivity contribution in [3.8, 4) is 5.75 Å². The molecule has 0 radical (unpaired) electrons. The summed E-state index contributed by atoms with van der Waals surface area (Å²) in [5, 5.41) is 105. The van der Waals surface area contributed by atoms with Crippen molar-refractivity contribution >= 4 is 99.2 Å². The number of aromatic amines is 1. The lowest BCUT2D eigenvalue weighted by Gasteiger charge is -2.71. The van der Waals surface area contributed by atoms with E-state index in [4.69, 9.17) is 30.9 Å². The van der Waals surface area contributed by atoms with E-state index >= 15 is 0 Å². The number of carboxylic acid groups (broad SMARTS) is 1. The van der Waals surface area contributed by atoms with Crippen molar-refractivity contribution < 1.29 is 108 Å². The van der Waals surface area contributed by atoms with Gasteiger partial charge in [-0.1, -0.05) is 68.8 Å². The Bertz CT molecular complexity index is 4100. The Morgan fingerprint density at radius 2 is 1.44 bits per heavy atom. The third kappa shape index (κ3) is 18.7. The average Bonchev–Trinajstić information content (AvgIpc) is 1.66. The molecule has 1 aromatic heterocycles. The number of benzene rings is 3. The number of rotatable bonds is 13. The second-order valence-corrected chi connectivity index (χ2v) is 32.5. The fourth-order valence-electron chi connectivity index (χ4n) is 15.5. The zero-order chi connectivity index (χ0) is 81.0. The van der Waals surface area contributed by atoms with E-state index in [1.54, 1.807) is 74.5 Å². The molecule has 4 aromatic rings. The Hall–Kier alpha value is -8.57. The number of ketones is 1. The maximum atomic E-state index is 14.3. The number of aliphatic carboxylic acids is 1. The van der Waals surface area contributed by atoms with Gasteiger partial charge in [0.2, 0.25) is 41.4 Å². The van der Waals surface area contributed by atoms with Gasteiger partial charge >= 0.3 is 11.9 Å². The Labute approximate surface area is 640 Å². The quantitative estimate of drug-likeness (QED) is 0.0663. The summed E-state index contributed by atoms with van der Waals surface area (Å²) in [6, 6.07) is 11.0. The van der Waals surface area contributed by atoms with Gasteiger partial charge in [0.15, 0.2) is 23.1 Å². The molecule has 6 aliphatic rings. The number of carboxylic acids is 1. The molecule has 33 heteroatoms. The fourth-order valence-corrected chi connectivity index (χ4v) is 16.7. The van der Waals surface area contributed by atoms with Gasteiger partial charge in [-0.05, 0) is 134 Å². The summed E-state index contributed by atoms with van der Waals surface area (Å²) in [5.41, 5.74) is -7.46. The Morgan fingerprint density at radius 1 is 0.826 bits per heavy atom. The van der Waals surface area contributed by atoms with Crippen molar-refractivity contribution in [1.82, 2.24) is 47.1 Å². The number of H-pyrrole nitrogens is 1. The van der Waals surface area contributed by atoms with Crippen molar-refractivity contribution in [2.45, 2.75) is 234 Å². The summed E-state index contributed by atoms with van der Waals surface area (Å²) < 4.78 is 17.2. The van der Waals surface area contributed by atoms with Crippen LogP contribution < -0.4 is 42.0 Å². The van der Waals surface area contributed by atoms with Crippen LogP contribution in [0.15, 0.2) is 90.5 Å². The van der Waals surface area contributed by atoms with E-state index in [9.17, 15) is 88.5 Å². The highest BCUT2D eigenvalue weighted by Gasteiger charge is 2.81. The predicted molar refractivity (Wildman–Crippen MR) is 397 cm³/mol. The number of aliphatic hydroxyl groups is 7. The Balaban J connectivity index is 0.000000231. The Morgan fingerprint density at radius 3 is 2.05 bits per heavy atom. The monoisotopic (exact) mass is 1560 g/mol. The van der Waals surface area contributed by atoms with Crippen LogP contribution >= 0.6 is 23.4 Å². The topological polar surface area (TPSA) is 481 Å². The van der Waals surface area contributed by atoms with Crippen LogP contribution in [0.2, 0.25) is 5.02 Å². The minimum atomic E-state index is -2.18. The number of thioether (sulfide) groups is 1. The number of amides is 8. The maximum Gasteiger partial charge on any atom is 0.347 e. The summed E-state index contributed by atoms with van der Waals surface area (Å²) in [4.78, 5) is 150. The lowest BCUT2D eigenvalue weighted by atomic mass is 9.40. The maximum absolute atomic E-state index is 14.3. The molecule has 109 heavy (non-hydrogen) atoms. The van der Waals surface area contributed by atoms with Gasteiger partial charge in [-0.25, -0.2) is 4.79 Å². The molecular formula is C76H102ClN9O22S. The molecule has 2 bridgehead atoms. The lowest BCUT2D eigenvalue weighted by molar-refractivity contribution is -0.370. The van der Waals surface area contributed by atoms with Gasteiger partial charge in [-0.3, -0.25) is 47.9 Å². The van der Waals surface area contributed by atoms with Gasteiger partial charge in [-0.15, -0.1) is 18.3 Å². The molecule has 8 amide bonds. The number of nitrogens with one attached hydrogen (secondary N) is 8. The minimum absolute atomic E-state index is 0.138. The second kappa shape index (κ2) is 34.0. The van der Waals surface area contributed by atoms with Gasteiger partial charge in [0.1, 0.15) is 53.6 Å². The molecule has 16 N–H and O–H groups in total. The third-order valence-corrected chi connectivity index (χ3v) is 22.9. The van der Waals surface area contributed by atoms with Crippen LogP contribution in [0.4, 0.5) is 0 Å². The molecule has 5 heterocycles. The molecule has 18 atom stereocenters. The number of hydrogen-bond donors (Lipinski definition) is 16. The van der Waals surface area contributed by atoms with E-state index in [1.165, 1.54) is 61.5 Å². The summed E-state index contributed by atoms with van der Waals surface area (Å²) in [5.74, 6) is -8.82. The number of nitrogens with zero attached hydrogens (tertiary/aromatic N) is 1. The first-order chi connectivity index (χ1) is 50.8. The number of para-hydroxylation sites is 1. The highest BCUT2D eigenvalue weighted by atomic mass is 35.5. The van der Waals surface area contributed by atoms with E-state index in [2.05, 4.69) is 48.8 Å². The lowest BCUT2D eigenvalue weighted by Crippen LogP contribution is -2.86. The van der Waals surface area contributed by atoms with E-state index < -0.39 is 190 Å². The molecule has 596 valence electrons. The summed E-state index contributed by atoms with van der Waals surface area (Å²) in [7, 11) is 0. The van der Waals surface area contributed by atoms with Crippen molar-refractivity contribution in [2.24, 2.45) is 16.7 Å². The highest BCUT2D eigenvalue weighted by molar-refractivity contribution is 7.99. The van der Waals surface area contributed by atoms with Crippen LogP contribution in [-0.2, 0) is 70.3 Å². The van der Waals surface area contributed by atoms with Crippen LogP contribution in [0.3, 0.4) is 0 Å². The Kier molecular flexibility index (Phi) is 26.8. The van der Waals surface area contributed by atoms with Gasteiger partial charge in [0.05, 0.1) is 47.3 Å². The zero-order valence-corrected chi connectivity index (χ0v) is 64.6. The summed E-state index contributed by atoms with van der Waals surface area (Å²) in [6.45, 7) is 21.1.